The van der Waals surface area contributed by atoms with Crippen molar-refractivity contribution in [1.82, 2.24) is 4.98 Å². The van der Waals surface area contributed by atoms with Crippen LogP contribution in [-0.4, -0.2) is 22.8 Å². The topological polar surface area (TPSA) is 42.4 Å². The van der Waals surface area contributed by atoms with E-state index in [0.717, 1.165) is 23.3 Å². The zero-order valence-corrected chi connectivity index (χ0v) is 18.1. The molecule has 0 aliphatic rings. The van der Waals surface area contributed by atoms with E-state index in [0.29, 0.717) is 25.1 Å². The normalized spacial score (nSPS) is 12.1. The number of hydrogen-bond donors (Lipinski definition) is 1. The van der Waals surface area contributed by atoms with Gasteiger partial charge in [0.25, 0.3) is 0 Å². The minimum Gasteiger partial charge on any atom is -0.490 e. The van der Waals surface area contributed by atoms with Gasteiger partial charge in [-0.05, 0) is 56.0 Å². The van der Waals surface area contributed by atoms with Crippen molar-refractivity contribution >= 4 is 6.08 Å². The molecule has 3 nitrogen and oxygen atoms in total. The lowest BCUT2D eigenvalue weighted by molar-refractivity contribution is 0.182. The van der Waals surface area contributed by atoms with Crippen LogP contribution in [0.3, 0.4) is 0 Å². The molecule has 0 saturated heterocycles. The first-order valence-electron chi connectivity index (χ1n) is 10.6. The smallest absolute Gasteiger partial charge is 0.168 e. The molecule has 0 aliphatic heterocycles. The van der Waals surface area contributed by atoms with Crippen molar-refractivity contribution in [2.24, 2.45) is 0 Å². The number of ether oxygens (including phenoxy) is 1. The van der Waals surface area contributed by atoms with Gasteiger partial charge < -0.3 is 9.84 Å². The molecule has 166 valence electrons. The number of pyridine rings is 1. The van der Waals surface area contributed by atoms with E-state index in [1.54, 1.807) is 49.5 Å². The maximum absolute atomic E-state index is 14.7. The minimum absolute atomic E-state index is 0.119. The van der Waals surface area contributed by atoms with E-state index >= 15 is 0 Å². The van der Waals surface area contributed by atoms with E-state index in [4.69, 9.17) is 4.74 Å². The Bertz CT molecular complexity index is 1060. The average molecular weight is 436 g/mol. The van der Waals surface area contributed by atoms with E-state index < -0.39 is 11.6 Å². The van der Waals surface area contributed by atoms with Crippen molar-refractivity contribution in [2.45, 2.75) is 32.3 Å². The Balaban J connectivity index is 1.72. The van der Waals surface area contributed by atoms with Gasteiger partial charge in [-0.25, -0.2) is 8.78 Å². The average Bonchev–Trinajstić information content (AvgIpc) is 2.80. The summed E-state index contributed by atoms with van der Waals surface area (Å²) in [6.45, 7) is 5.79. The van der Waals surface area contributed by atoms with Gasteiger partial charge in [-0.1, -0.05) is 49.1 Å². The van der Waals surface area contributed by atoms with Gasteiger partial charge in [0.05, 0.1) is 11.8 Å². The maximum Gasteiger partial charge on any atom is 0.168 e. The van der Waals surface area contributed by atoms with Gasteiger partial charge in [0.1, 0.15) is 12.4 Å². The number of aliphatic hydroxyl groups excluding tert-OH is 1. The van der Waals surface area contributed by atoms with Crippen molar-refractivity contribution < 1.29 is 18.6 Å². The van der Waals surface area contributed by atoms with Crippen LogP contribution < -0.4 is 4.74 Å². The molecule has 2 aromatic carbocycles. The molecule has 0 fully saturated rings. The predicted molar refractivity (Wildman–Crippen MR) is 125 cm³/mol. The highest BCUT2D eigenvalue weighted by Gasteiger charge is 2.14. The third-order valence-corrected chi connectivity index (χ3v) is 5.00. The monoisotopic (exact) mass is 435 g/mol. The van der Waals surface area contributed by atoms with Crippen molar-refractivity contribution in [3.63, 3.8) is 0 Å². The molecule has 1 N–H and O–H groups in total. The number of nitrogens with zero attached hydrogens (tertiary/aromatic N) is 1. The van der Waals surface area contributed by atoms with Crippen LogP contribution in [0.4, 0.5) is 8.78 Å². The molecule has 1 atom stereocenters. The number of halogens is 2. The zero-order valence-electron chi connectivity index (χ0n) is 18.1. The maximum atomic E-state index is 14.7. The van der Waals surface area contributed by atoms with Crippen molar-refractivity contribution in [3.05, 3.63) is 90.7 Å². The van der Waals surface area contributed by atoms with Crippen molar-refractivity contribution in [3.8, 4) is 28.1 Å². The van der Waals surface area contributed by atoms with Gasteiger partial charge in [0.15, 0.2) is 11.6 Å². The van der Waals surface area contributed by atoms with E-state index in [1.807, 2.05) is 30.3 Å². The Morgan fingerprint density at radius 3 is 2.44 bits per heavy atom. The summed E-state index contributed by atoms with van der Waals surface area (Å²) in [5.41, 5.74) is 2.48. The lowest BCUT2D eigenvalue weighted by atomic mass is 10.0. The number of rotatable bonds is 10. The number of allylic oxidation sites excluding steroid dienone is 1. The molecule has 0 radical (unpaired) electrons. The Kier molecular flexibility index (Phi) is 8.28. The molecule has 1 unspecified atom stereocenters. The Morgan fingerprint density at radius 2 is 1.78 bits per heavy atom. The number of aromatic nitrogens is 1. The standard InChI is InChI=1S/C27H27F2NO2/c1-3-17-32-23-13-9-20(10-14-23)22-12-16-25(30-18-22)24-15-11-21(26(28)27(24)29)8-6-4-5-7-19(2)31/h3,6,8-16,18-19,31H,1,4-5,7,17H2,2H3/b8-6+. The summed E-state index contributed by atoms with van der Waals surface area (Å²) in [6.07, 6.45) is 8.49. The van der Waals surface area contributed by atoms with E-state index in [9.17, 15) is 13.9 Å². The van der Waals surface area contributed by atoms with Gasteiger partial charge in [0.2, 0.25) is 0 Å². The molecule has 32 heavy (non-hydrogen) atoms. The molecule has 0 saturated carbocycles. The Hall–Kier alpha value is -3.31. The van der Waals surface area contributed by atoms with Gasteiger partial charge in [-0.15, -0.1) is 0 Å². The predicted octanol–water partition coefficient (Wildman–Crippen LogP) is 6.82. The summed E-state index contributed by atoms with van der Waals surface area (Å²) in [7, 11) is 0. The first kappa shape index (κ1) is 23.4. The number of hydrogen-bond acceptors (Lipinski definition) is 3. The van der Waals surface area contributed by atoms with E-state index in [1.165, 1.54) is 0 Å². The summed E-state index contributed by atoms with van der Waals surface area (Å²) < 4.78 is 34.7. The summed E-state index contributed by atoms with van der Waals surface area (Å²) >= 11 is 0. The molecule has 3 aromatic rings. The Labute approximate surface area is 187 Å². The third-order valence-electron chi connectivity index (χ3n) is 5.00. The van der Waals surface area contributed by atoms with Crippen LogP contribution in [0.1, 0.15) is 31.7 Å². The second-order valence-corrected chi connectivity index (χ2v) is 7.57. The second kappa shape index (κ2) is 11.3. The molecule has 0 amide bonds. The fourth-order valence-electron chi connectivity index (χ4n) is 3.26. The first-order chi connectivity index (χ1) is 15.5. The number of benzene rings is 2. The lowest BCUT2D eigenvalue weighted by Gasteiger charge is -2.08. The molecule has 0 bridgehead atoms. The van der Waals surface area contributed by atoms with Gasteiger partial charge in [-0.2, -0.15) is 0 Å². The summed E-state index contributed by atoms with van der Waals surface area (Å²) in [6, 6.07) is 14.2. The zero-order chi connectivity index (χ0) is 22.9. The largest absolute Gasteiger partial charge is 0.490 e. The molecule has 1 aromatic heterocycles. The van der Waals surface area contributed by atoms with Gasteiger partial charge in [-0.3, -0.25) is 4.98 Å². The van der Waals surface area contributed by atoms with Crippen LogP contribution in [0.15, 0.2) is 73.5 Å². The van der Waals surface area contributed by atoms with Crippen LogP contribution in [0, 0.1) is 11.6 Å². The van der Waals surface area contributed by atoms with Crippen LogP contribution in [-0.2, 0) is 0 Å². The van der Waals surface area contributed by atoms with Crippen molar-refractivity contribution in [1.29, 1.82) is 0 Å². The summed E-state index contributed by atoms with van der Waals surface area (Å²) in [5.74, 6) is -1.07. The molecule has 5 heteroatoms. The number of aliphatic hydroxyl groups is 1. The summed E-state index contributed by atoms with van der Waals surface area (Å²) in [4.78, 5) is 4.34. The molecular formula is C27H27F2NO2. The van der Waals surface area contributed by atoms with Crippen LogP contribution >= 0.6 is 0 Å². The minimum atomic E-state index is -0.917. The fraction of sp³-hybridized carbons (Fsp3) is 0.222. The highest BCUT2D eigenvalue weighted by Crippen LogP contribution is 2.28. The molecule has 0 spiro atoms. The quantitative estimate of drug-likeness (QED) is 0.281. The van der Waals surface area contributed by atoms with E-state index in [2.05, 4.69) is 11.6 Å². The van der Waals surface area contributed by atoms with Gasteiger partial charge >= 0.3 is 0 Å². The fourth-order valence-corrected chi connectivity index (χ4v) is 3.26. The highest BCUT2D eigenvalue weighted by atomic mass is 19.2. The Morgan fingerprint density at radius 1 is 1.03 bits per heavy atom. The van der Waals surface area contributed by atoms with E-state index in [-0.39, 0.29) is 17.2 Å². The lowest BCUT2D eigenvalue weighted by Crippen LogP contribution is -1.97. The highest BCUT2D eigenvalue weighted by molar-refractivity contribution is 5.68. The molecule has 1 heterocycles. The molecular weight excluding hydrogens is 408 g/mol. The second-order valence-electron chi connectivity index (χ2n) is 7.57. The third kappa shape index (κ3) is 6.11. The summed E-state index contributed by atoms with van der Waals surface area (Å²) in [5, 5.41) is 9.26. The van der Waals surface area contributed by atoms with Gasteiger partial charge in [0, 0.05) is 22.9 Å². The first-order valence-corrected chi connectivity index (χ1v) is 10.6. The van der Waals surface area contributed by atoms with Crippen LogP contribution in [0.2, 0.25) is 0 Å². The van der Waals surface area contributed by atoms with Crippen molar-refractivity contribution in [2.75, 3.05) is 6.61 Å². The van der Waals surface area contributed by atoms with Crippen LogP contribution in [0.5, 0.6) is 5.75 Å². The SMILES string of the molecule is C=CCOc1ccc(-c2ccc(-c3ccc(/C=C/CCCC(C)O)c(F)c3F)nc2)cc1. The van der Waals surface area contributed by atoms with Crippen LogP contribution in [0.25, 0.3) is 28.5 Å². The molecule has 3 rings (SSSR count). The molecule has 0 aliphatic carbocycles. The number of unbranched alkanes of at least 4 members (excludes halogenated alkanes) is 1.